The first kappa shape index (κ1) is 18.3. The fourth-order valence-electron chi connectivity index (χ4n) is 2.52. The van der Waals surface area contributed by atoms with E-state index in [9.17, 15) is 4.79 Å². The molecule has 136 valence electrons. The normalized spacial score (nSPS) is 11.0. The van der Waals surface area contributed by atoms with Crippen LogP contribution in [0.2, 0.25) is 0 Å². The Balaban J connectivity index is 1.70. The van der Waals surface area contributed by atoms with Crippen molar-refractivity contribution >= 4 is 17.5 Å². The number of carbonyl (C=O) groups is 1. The van der Waals surface area contributed by atoms with E-state index in [4.69, 9.17) is 4.52 Å². The third-order valence-electron chi connectivity index (χ3n) is 3.79. The van der Waals surface area contributed by atoms with E-state index in [0.29, 0.717) is 17.2 Å². The zero-order chi connectivity index (χ0) is 18.4. The van der Waals surface area contributed by atoms with Crippen molar-refractivity contribution in [3.63, 3.8) is 0 Å². The predicted octanol–water partition coefficient (Wildman–Crippen LogP) is 3.34. The summed E-state index contributed by atoms with van der Waals surface area (Å²) in [7, 11) is 0. The summed E-state index contributed by atoms with van der Waals surface area (Å²) in [5, 5.41) is 13.2. The highest BCUT2D eigenvalue weighted by Crippen LogP contribution is 2.24. The van der Waals surface area contributed by atoms with Gasteiger partial charge in [0.1, 0.15) is 11.5 Å². The van der Waals surface area contributed by atoms with Crippen LogP contribution in [0.1, 0.15) is 31.2 Å². The van der Waals surface area contributed by atoms with E-state index >= 15 is 0 Å². The number of rotatable bonds is 9. The van der Waals surface area contributed by atoms with Gasteiger partial charge in [0, 0.05) is 30.6 Å². The van der Waals surface area contributed by atoms with Crippen LogP contribution in [0.4, 0.5) is 0 Å². The molecule has 0 fully saturated rings. The monoisotopic (exact) mass is 371 g/mol. The fraction of sp³-hybridized carbons (Fsp3) is 0.389. The standard InChI is InChI=1S/C18H21N5O2S/c1-3-4-8-23-17(14-6-5-7-19-11-14)20-21-18(23)26-12-16(24)10-15-9-13(2)25-22-15/h5-7,9,11H,3-4,8,10,12H2,1-2H3. The van der Waals surface area contributed by atoms with Gasteiger partial charge in [-0.25, -0.2) is 0 Å². The second kappa shape index (κ2) is 8.75. The van der Waals surface area contributed by atoms with E-state index in [1.807, 2.05) is 19.1 Å². The lowest BCUT2D eigenvalue weighted by Crippen LogP contribution is -2.08. The number of thioether (sulfide) groups is 1. The fourth-order valence-corrected chi connectivity index (χ4v) is 3.35. The van der Waals surface area contributed by atoms with Gasteiger partial charge in [-0.3, -0.25) is 9.78 Å². The molecule has 0 aliphatic carbocycles. The molecule has 0 radical (unpaired) electrons. The van der Waals surface area contributed by atoms with Crippen LogP contribution in [-0.4, -0.2) is 36.4 Å². The molecule has 3 aromatic rings. The topological polar surface area (TPSA) is 86.7 Å². The van der Waals surface area contributed by atoms with Crippen molar-refractivity contribution in [3.05, 3.63) is 42.0 Å². The van der Waals surface area contributed by atoms with Gasteiger partial charge in [0.2, 0.25) is 0 Å². The molecule has 0 atom stereocenters. The van der Waals surface area contributed by atoms with Gasteiger partial charge in [0.05, 0.1) is 17.9 Å². The summed E-state index contributed by atoms with van der Waals surface area (Å²) in [5.74, 6) is 1.90. The van der Waals surface area contributed by atoms with Crippen LogP contribution in [-0.2, 0) is 17.8 Å². The molecule has 3 rings (SSSR count). The number of nitrogens with zero attached hydrogens (tertiary/aromatic N) is 5. The van der Waals surface area contributed by atoms with Crippen molar-refractivity contribution in [2.45, 2.75) is 44.8 Å². The van der Waals surface area contributed by atoms with Crippen molar-refractivity contribution < 1.29 is 9.32 Å². The van der Waals surface area contributed by atoms with Gasteiger partial charge >= 0.3 is 0 Å². The Kier molecular flexibility index (Phi) is 6.17. The third-order valence-corrected chi connectivity index (χ3v) is 4.82. The Morgan fingerprint density at radius 2 is 2.23 bits per heavy atom. The minimum absolute atomic E-state index is 0.0799. The average molecular weight is 371 g/mol. The molecule has 3 heterocycles. The molecule has 0 spiro atoms. The molecule has 0 saturated heterocycles. The van der Waals surface area contributed by atoms with Crippen LogP contribution in [0.3, 0.4) is 0 Å². The maximum atomic E-state index is 12.2. The maximum absolute atomic E-state index is 12.2. The van der Waals surface area contributed by atoms with E-state index in [0.717, 1.165) is 35.9 Å². The number of hydrogen-bond acceptors (Lipinski definition) is 7. The van der Waals surface area contributed by atoms with Gasteiger partial charge in [0.25, 0.3) is 0 Å². The third kappa shape index (κ3) is 4.57. The lowest BCUT2D eigenvalue weighted by atomic mass is 10.2. The number of ketones is 1. The highest BCUT2D eigenvalue weighted by atomic mass is 32.2. The van der Waals surface area contributed by atoms with Crippen molar-refractivity contribution in [2.75, 3.05) is 5.75 Å². The summed E-state index contributed by atoms with van der Waals surface area (Å²) in [5.41, 5.74) is 1.59. The summed E-state index contributed by atoms with van der Waals surface area (Å²) in [6.45, 7) is 4.77. The molecule has 0 bridgehead atoms. The largest absolute Gasteiger partial charge is 0.361 e. The van der Waals surface area contributed by atoms with Crippen molar-refractivity contribution in [2.24, 2.45) is 0 Å². The number of aryl methyl sites for hydroxylation is 1. The number of pyridine rings is 1. The van der Waals surface area contributed by atoms with Gasteiger partial charge in [-0.1, -0.05) is 30.3 Å². The zero-order valence-corrected chi connectivity index (χ0v) is 15.7. The second-order valence-corrected chi connectivity index (χ2v) is 6.93. The lowest BCUT2D eigenvalue weighted by Gasteiger charge is -2.09. The first-order chi connectivity index (χ1) is 12.7. The molecule has 3 aromatic heterocycles. The molecule has 8 heteroatoms. The zero-order valence-electron chi connectivity index (χ0n) is 14.9. The van der Waals surface area contributed by atoms with Crippen LogP contribution < -0.4 is 0 Å². The van der Waals surface area contributed by atoms with Gasteiger partial charge < -0.3 is 9.09 Å². The molecule has 7 nitrogen and oxygen atoms in total. The van der Waals surface area contributed by atoms with Crippen molar-refractivity contribution in [3.8, 4) is 11.4 Å². The Labute approximate surface area is 156 Å². The molecule has 0 aliphatic rings. The first-order valence-corrected chi connectivity index (χ1v) is 9.56. The molecule has 0 amide bonds. The van der Waals surface area contributed by atoms with Crippen LogP contribution in [0.5, 0.6) is 0 Å². The van der Waals surface area contributed by atoms with Crippen LogP contribution in [0.25, 0.3) is 11.4 Å². The van der Waals surface area contributed by atoms with E-state index in [-0.39, 0.29) is 12.2 Å². The Morgan fingerprint density at radius 1 is 1.35 bits per heavy atom. The number of carbonyl (C=O) groups excluding carboxylic acids is 1. The van der Waals surface area contributed by atoms with Gasteiger partial charge in [-0.15, -0.1) is 10.2 Å². The minimum atomic E-state index is 0.0799. The first-order valence-electron chi connectivity index (χ1n) is 8.57. The smallest absolute Gasteiger partial charge is 0.191 e. The predicted molar refractivity (Wildman–Crippen MR) is 98.8 cm³/mol. The van der Waals surface area contributed by atoms with E-state index in [1.54, 1.807) is 18.5 Å². The molecule has 0 saturated carbocycles. The molecule has 0 aromatic carbocycles. The molecule has 0 unspecified atom stereocenters. The number of Topliss-reactive ketones (excluding diaryl/α,β-unsaturated/α-hetero) is 1. The van der Waals surface area contributed by atoms with Crippen molar-refractivity contribution in [1.82, 2.24) is 24.9 Å². The van der Waals surface area contributed by atoms with Crippen LogP contribution >= 0.6 is 11.8 Å². The van der Waals surface area contributed by atoms with Crippen LogP contribution in [0, 0.1) is 6.92 Å². The number of unbranched alkanes of at least 4 members (excludes halogenated alkanes) is 1. The van der Waals surface area contributed by atoms with E-state index < -0.39 is 0 Å². The molecule has 0 aliphatic heterocycles. The molecule has 26 heavy (non-hydrogen) atoms. The quantitative estimate of drug-likeness (QED) is 0.533. The van der Waals surface area contributed by atoms with Gasteiger partial charge in [0.15, 0.2) is 11.0 Å². The van der Waals surface area contributed by atoms with Gasteiger partial charge in [-0.2, -0.15) is 0 Å². The van der Waals surface area contributed by atoms with Crippen LogP contribution in [0.15, 0.2) is 40.3 Å². The Bertz CT molecular complexity index is 860. The number of hydrogen-bond donors (Lipinski definition) is 0. The lowest BCUT2D eigenvalue weighted by molar-refractivity contribution is -0.116. The summed E-state index contributed by atoms with van der Waals surface area (Å²) < 4.78 is 7.07. The van der Waals surface area contributed by atoms with E-state index in [1.165, 1.54) is 11.8 Å². The molecular formula is C18H21N5O2S. The van der Waals surface area contributed by atoms with Crippen molar-refractivity contribution in [1.29, 1.82) is 0 Å². The second-order valence-electron chi connectivity index (χ2n) is 5.99. The Hall–Kier alpha value is -2.48. The highest BCUT2D eigenvalue weighted by molar-refractivity contribution is 7.99. The Morgan fingerprint density at radius 3 is 2.92 bits per heavy atom. The summed E-state index contributed by atoms with van der Waals surface area (Å²) >= 11 is 1.41. The summed E-state index contributed by atoms with van der Waals surface area (Å²) in [6, 6.07) is 5.63. The molecular weight excluding hydrogens is 350 g/mol. The highest BCUT2D eigenvalue weighted by Gasteiger charge is 2.16. The SMILES string of the molecule is CCCCn1c(SCC(=O)Cc2cc(C)on2)nnc1-c1cccnc1. The summed E-state index contributed by atoms with van der Waals surface area (Å²) in [4.78, 5) is 16.4. The minimum Gasteiger partial charge on any atom is -0.361 e. The maximum Gasteiger partial charge on any atom is 0.191 e. The average Bonchev–Trinajstić information content (AvgIpc) is 3.24. The molecule has 0 N–H and O–H groups in total. The van der Waals surface area contributed by atoms with Gasteiger partial charge in [-0.05, 0) is 25.5 Å². The summed E-state index contributed by atoms with van der Waals surface area (Å²) in [6.07, 6.45) is 5.86. The number of aromatic nitrogens is 5. The van der Waals surface area contributed by atoms with E-state index in [2.05, 4.69) is 31.8 Å².